The Hall–Kier alpha value is -1.16. The summed E-state index contributed by atoms with van der Waals surface area (Å²) < 4.78 is 0.849. The van der Waals surface area contributed by atoms with Crippen molar-refractivity contribution in [2.75, 3.05) is 19.6 Å². The molecule has 0 saturated heterocycles. The molecule has 144 valence electrons. The van der Waals surface area contributed by atoms with E-state index in [1.54, 1.807) is 6.92 Å². The lowest BCUT2D eigenvalue weighted by Crippen LogP contribution is -2.62. The first kappa shape index (κ1) is 21.9. The molecular formula is C21H40N3O+. The number of nitrogens with one attached hydrogen (secondary N) is 1. The lowest BCUT2D eigenvalue weighted by Gasteiger charge is -2.39. The molecular weight excluding hydrogens is 310 g/mol. The van der Waals surface area contributed by atoms with Gasteiger partial charge in [-0.2, -0.15) is 0 Å². The van der Waals surface area contributed by atoms with Gasteiger partial charge >= 0.3 is 0 Å². The van der Waals surface area contributed by atoms with Gasteiger partial charge in [0.1, 0.15) is 6.54 Å². The molecule has 1 heterocycles. The van der Waals surface area contributed by atoms with Gasteiger partial charge in [-0.15, -0.1) is 0 Å². The highest BCUT2D eigenvalue weighted by molar-refractivity contribution is 5.78. The number of rotatable bonds is 13. The van der Waals surface area contributed by atoms with Crippen molar-refractivity contribution in [3.8, 4) is 0 Å². The maximum absolute atomic E-state index is 11.5. The maximum Gasteiger partial charge on any atom is 0.221 e. The Kier molecular flexibility index (Phi) is 10.7. The predicted octanol–water partition coefficient (Wildman–Crippen LogP) is 4.80. The third-order valence-electron chi connectivity index (χ3n) is 5.42. The lowest BCUT2D eigenvalue weighted by atomic mass is 10.1. The number of quaternary nitrogens is 1. The molecule has 2 unspecified atom stereocenters. The summed E-state index contributed by atoms with van der Waals surface area (Å²) in [4.78, 5) is 16.2. The van der Waals surface area contributed by atoms with Crippen LogP contribution in [0.1, 0.15) is 85.5 Å². The zero-order valence-corrected chi connectivity index (χ0v) is 17.0. The molecule has 1 rings (SSSR count). The van der Waals surface area contributed by atoms with Crippen molar-refractivity contribution < 1.29 is 9.28 Å². The predicted molar refractivity (Wildman–Crippen MR) is 108 cm³/mol. The first-order valence-corrected chi connectivity index (χ1v) is 10.4. The summed E-state index contributed by atoms with van der Waals surface area (Å²) in [5.74, 6) is 1.35. The summed E-state index contributed by atoms with van der Waals surface area (Å²) >= 11 is 0. The van der Waals surface area contributed by atoms with Crippen molar-refractivity contribution >= 4 is 11.7 Å². The average Bonchev–Trinajstić information content (AvgIpc) is 3.00. The fraction of sp³-hybridized carbons (Fsp3) is 0.810. The van der Waals surface area contributed by atoms with Crippen LogP contribution in [0, 0.1) is 0 Å². The molecule has 1 aliphatic heterocycles. The first-order valence-electron chi connectivity index (χ1n) is 10.4. The van der Waals surface area contributed by atoms with Gasteiger partial charge in [-0.1, -0.05) is 44.8 Å². The van der Waals surface area contributed by atoms with Crippen LogP contribution in [0.25, 0.3) is 0 Å². The SMILES string of the molecule is CCC/C=C/CCCCCCCC1=NCC[N+]1(CC)C(C)NC(C)=O. The quantitative estimate of drug-likeness (QED) is 0.289. The van der Waals surface area contributed by atoms with E-state index in [1.165, 1.54) is 57.2 Å². The highest BCUT2D eigenvalue weighted by Gasteiger charge is 2.41. The molecule has 2 atom stereocenters. The number of carbonyl (C=O) groups excluding carboxylic acids is 1. The summed E-state index contributed by atoms with van der Waals surface area (Å²) in [6, 6.07) is 0. The van der Waals surface area contributed by atoms with E-state index in [0.29, 0.717) is 0 Å². The van der Waals surface area contributed by atoms with Gasteiger partial charge in [0.2, 0.25) is 5.91 Å². The normalized spacial score (nSPS) is 21.5. The molecule has 0 spiro atoms. The summed E-state index contributed by atoms with van der Waals surface area (Å²) in [6.07, 6.45) is 16.0. The molecule has 1 amide bonds. The molecule has 0 aromatic heterocycles. The topological polar surface area (TPSA) is 41.5 Å². The minimum Gasteiger partial charge on any atom is -0.307 e. The molecule has 0 radical (unpaired) electrons. The van der Waals surface area contributed by atoms with Gasteiger partial charge in [0, 0.05) is 20.3 Å². The number of nitrogens with zero attached hydrogens (tertiary/aromatic N) is 2. The standard InChI is InChI=1S/C21H39N3O/c1-5-7-8-9-10-11-12-13-14-15-16-21-22-17-18-24(21,6-2)19(3)23-20(4)25/h8-9,19H,5-7,10-18H2,1-4H3/p+1/b9-8+. The zero-order valence-electron chi connectivity index (χ0n) is 17.0. The third kappa shape index (κ3) is 7.31. The van der Waals surface area contributed by atoms with E-state index in [-0.39, 0.29) is 12.1 Å². The van der Waals surface area contributed by atoms with Crippen LogP contribution in [0.2, 0.25) is 0 Å². The van der Waals surface area contributed by atoms with E-state index in [2.05, 4.69) is 38.2 Å². The van der Waals surface area contributed by atoms with Gasteiger partial charge in [0.25, 0.3) is 0 Å². The van der Waals surface area contributed by atoms with Gasteiger partial charge in [0.15, 0.2) is 12.0 Å². The zero-order chi connectivity index (χ0) is 18.5. The molecule has 0 aromatic rings. The number of likely N-dealkylation sites (N-methyl/N-ethyl adjacent to an activating group) is 1. The van der Waals surface area contributed by atoms with Crippen LogP contribution in [0.5, 0.6) is 0 Å². The Morgan fingerprint density at radius 1 is 1.16 bits per heavy atom. The molecule has 4 heteroatoms. The van der Waals surface area contributed by atoms with Crippen molar-refractivity contribution in [3.63, 3.8) is 0 Å². The van der Waals surface area contributed by atoms with E-state index in [1.807, 2.05) is 0 Å². The number of hydrogen-bond donors (Lipinski definition) is 1. The van der Waals surface area contributed by atoms with Gasteiger partial charge in [-0.25, -0.2) is 4.99 Å². The highest BCUT2D eigenvalue weighted by atomic mass is 16.1. The summed E-state index contributed by atoms with van der Waals surface area (Å²) in [7, 11) is 0. The fourth-order valence-corrected chi connectivity index (χ4v) is 3.86. The summed E-state index contributed by atoms with van der Waals surface area (Å²) in [5.41, 5.74) is 0. The number of aliphatic imine (C=N–C) groups is 1. The van der Waals surface area contributed by atoms with E-state index < -0.39 is 0 Å². The fourth-order valence-electron chi connectivity index (χ4n) is 3.86. The van der Waals surface area contributed by atoms with Crippen molar-refractivity contribution in [1.29, 1.82) is 0 Å². The minimum atomic E-state index is 0.0534. The first-order chi connectivity index (χ1) is 12.1. The minimum absolute atomic E-state index is 0.0534. The molecule has 0 aliphatic carbocycles. The number of amidine groups is 1. The van der Waals surface area contributed by atoms with Crippen LogP contribution in [0.3, 0.4) is 0 Å². The Balaban J connectivity index is 2.27. The number of unbranched alkanes of at least 4 members (excludes halogenated alkanes) is 6. The average molecular weight is 351 g/mol. The van der Waals surface area contributed by atoms with Crippen molar-refractivity contribution in [2.24, 2.45) is 4.99 Å². The number of allylic oxidation sites excluding steroid dienone is 2. The highest BCUT2D eigenvalue weighted by Crippen LogP contribution is 2.23. The van der Waals surface area contributed by atoms with Crippen LogP contribution in [0.15, 0.2) is 17.1 Å². The van der Waals surface area contributed by atoms with Crippen LogP contribution in [-0.4, -0.2) is 42.0 Å². The Labute approximate surface area is 155 Å². The van der Waals surface area contributed by atoms with Crippen molar-refractivity contribution in [2.45, 2.75) is 91.6 Å². The van der Waals surface area contributed by atoms with Crippen molar-refractivity contribution in [3.05, 3.63) is 12.2 Å². The van der Waals surface area contributed by atoms with E-state index in [4.69, 9.17) is 4.99 Å². The molecule has 1 N–H and O–H groups in total. The smallest absolute Gasteiger partial charge is 0.221 e. The lowest BCUT2D eigenvalue weighted by molar-refractivity contribution is -0.861. The molecule has 25 heavy (non-hydrogen) atoms. The number of hydrogen-bond acceptors (Lipinski definition) is 2. The summed E-state index contributed by atoms with van der Waals surface area (Å²) in [5, 5.41) is 3.09. The largest absolute Gasteiger partial charge is 0.307 e. The Bertz CT molecular complexity index is 444. The molecule has 0 bridgehead atoms. The second-order valence-electron chi connectivity index (χ2n) is 7.31. The van der Waals surface area contributed by atoms with Gasteiger partial charge in [-0.3, -0.25) is 9.28 Å². The molecule has 0 aromatic carbocycles. The van der Waals surface area contributed by atoms with Crippen LogP contribution in [-0.2, 0) is 4.79 Å². The Morgan fingerprint density at radius 3 is 2.52 bits per heavy atom. The molecule has 4 nitrogen and oxygen atoms in total. The number of amides is 1. The van der Waals surface area contributed by atoms with E-state index >= 15 is 0 Å². The molecule has 1 aliphatic rings. The van der Waals surface area contributed by atoms with Crippen LogP contribution >= 0.6 is 0 Å². The second kappa shape index (κ2) is 12.2. The van der Waals surface area contributed by atoms with Gasteiger partial charge in [0.05, 0.1) is 13.1 Å². The van der Waals surface area contributed by atoms with Crippen molar-refractivity contribution in [1.82, 2.24) is 5.32 Å². The van der Waals surface area contributed by atoms with Gasteiger partial charge < -0.3 is 5.32 Å². The molecule has 0 saturated carbocycles. The Morgan fingerprint density at radius 2 is 1.84 bits per heavy atom. The van der Waals surface area contributed by atoms with Crippen LogP contribution in [0.4, 0.5) is 0 Å². The third-order valence-corrected chi connectivity index (χ3v) is 5.42. The number of carbonyl (C=O) groups is 1. The van der Waals surface area contributed by atoms with E-state index in [0.717, 1.165) is 30.5 Å². The monoisotopic (exact) mass is 350 g/mol. The summed E-state index contributed by atoms with van der Waals surface area (Å²) in [6.45, 7) is 11.1. The van der Waals surface area contributed by atoms with E-state index in [9.17, 15) is 4.79 Å². The van der Waals surface area contributed by atoms with Crippen LogP contribution < -0.4 is 5.32 Å². The maximum atomic E-state index is 11.5. The second-order valence-corrected chi connectivity index (χ2v) is 7.31. The molecule has 0 fully saturated rings. The van der Waals surface area contributed by atoms with Gasteiger partial charge in [-0.05, 0) is 32.6 Å².